The molecular weight excluding hydrogens is 308 g/mol. The molecule has 4 nitrogen and oxygen atoms in total. The molecule has 5 heteroatoms. The molecule has 1 aliphatic carbocycles. The number of anilines is 1. The summed E-state index contributed by atoms with van der Waals surface area (Å²) in [5.41, 5.74) is 1.74. The van der Waals surface area contributed by atoms with E-state index in [-0.39, 0.29) is 5.91 Å². The zero-order chi connectivity index (χ0) is 16.2. The third kappa shape index (κ3) is 3.79. The molecule has 0 spiro atoms. The summed E-state index contributed by atoms with van der Waals surface area (Å²) >= 11 is 1.60. The van der Waals surface area contributed by atoms with Gasteiger partial charge in [-0.25, -0.2) is 4.98 Å². The van der Waals surface area contributed by atoms with Gasteiger partial charge < -0.3 is 4.74 Å². The first-order chi connectivity index (χ1) is 11.2. The van der Waals surface area contributed by atoms with Gasteiger partial charge in [-0.1, -0.05) is 19.6 Å². The molecule has 0 saturated carbocycles. The fraction of sp³-hybridized carbons (Fsp3) is 0.333. The summed E-state index contributed by atoms with van der Waals surface area (Å²) in [4.78, 5) is 18.2. The second-order valence-corrected chi connectivity index (χ2v) is 6.90. The Morgan fingerprint density at radius 1 is 1.48 bits per heavy atom. The Hall–Kier alpha value is -2.14. The second kappa shape index (κ2) is 6.96. The van der Waals surface area contributed by atoms with Crippen molar-refractivity contribution in [3.63, 3.8) is 0 Å². The summed E-state index contributed by atoms with van der Waals surface area (Å²) in [7, 11) is 0. The predicted molar refractivity (Wildman–Crippen MR) is 93.4 cm³/mol. The van der Waals surface area contributed by atoms with Gasteiger partial charge in [0, 0.05) is 10.4 Å². The van der Waals surface area contributed by atoms with Crippen LogP contribution in [0.5, 0.6) is 5.75 Å². The van der Waals surface area contributed by atoms with E-state index in [1.165, 1.54) is 11.3 Å². The second-order valence-electron chi connectivity index (χ2n) is 5.82. The van der Waals surface area contributed by atoms with Gasteiger partial charge in [0.1, 0.15) is 12.4 Å². The molecule has 1 unspecified atom stereocenters. The number of ether oxygens (including phenoxy) is 1. The van der Waals surface area contributed by atoms with Crippen LogP contribution in [0.4, 0.5) is 5.13 Å². The number of fused-ring (bicyclic) bond motifs is 1. The van der Waals surface area contributed by atoms with Crippen LogP contribution in [0.2, 0.25) is 0 Å². The highest BCUT2D eigenvalue weighted by Gasteiger charge is 2.20. The molecule has 23 heavy (non-hydrogen) atoms. The molecule has 1 heterocycles. The molecule has 2 aromatic rings. The molecule has 3 rings (SSSR count). The van der Waals surface area contributed by atoms with Crippen molar-refractivity contribution >= 4 is 22.4 Å². The van der Waals surface area contributed by atoms with Gasteiger partial charge in [-0.3, -0.25) is 10.1 Å². The largest absolute Gasteiger partial charge is 0.490 e. The lowest BCUT2D eigenvalue weighted by atomic mass is 9.93. The first-order valence-electron chi connectivity index (χ1n) is 7.79. The van der Waals surface area contributed by atoms with Crippen molar-refractivity contribution in [2.24, 2.45) is 5.92 Å². The lowest BCUT2D eigenvalue weighted by Gasteiger charge is -2.15. The van der Waals surface area contributed by atoms with Crippen molar-refractivity contribution in [1.29, 1.82) is 0 Å². The number of carbonyl (C=O) groups is 1. The lowest BCUT2D eigenvalue weighted by Crippen LogP contribution is -2.12. The summed E-state index contributed by atoms with van der Waals surface area (Å²) in [6.45, 7) is 6.32. The van der Waals surface area contributed by atoms with Gasteiger partial charge in [-0.05, 0) is 49.4 Å². The highest BCUT2D eigenvalue weighted by atomic mass is 32.1. The minimum Gasteiger partial charge on any atom is -0.490 e. The molecule has 0 bridgehead atoms. The minimum atomic E-state index is -0.139. The molecular formula is C18H20N2O2S. The predicted octanol–water partition coefficient (Wildman–Crippen LogP) is 4.09. The summed E-state index contributed by atoms with van der Waals surface area (Å²) in [6.07, 6.45) is 4.94. The Bertz CT molecular complexity index is 706. The molecule has 0 saturated heterocycles. The smallest absolute Gasteiger partial charge is 0.257 e. The van der Waals surface area contributed by atoms with Crippen molar-refractivity contribution < 1.29 is 9.53 Å². The summed E-state index contributed by atoms with van der Waals surface area (Å²) < 4.78 is 5.41. The van der Waals surface area contributed by atoms with Gasteiger partial charge in [0.25, 0.3) is 5.91 Å². The summed E-state index contributed by atoms with van der Waals surface area (Å²) in [6, 6.07) is 7.08. The lowest BCUT2D eigenvalue weighted by molar-refractivity contribution is 0.102. The number of aromatic nitrogens is 1. The van der Waals surface area contributed by atoms with E-state index in [9.17, 15) is 4.79 Å². The van der Waals surface area contributed by atoms with Crippen LogP contribution in [-0.2, 0) is 12.8 Å². The Labute approximate surface area is 140 Å². The van der Waals surface area contributed by atoms with Crippen LogP contribution in [-0.4, -0.2) is 17.5 Å². The molecule has 1 aromatic carbocycles. The van der Waals surface area contributed by atoms with Crippen LogP contribution in [0.1, 0.15) is 34.3 Å². The Balaban J connectivity index is 1.66. The highest BCUT2D eigenvalue weighted by molar-refractivity contribution is 7.15. The van der Waals surface area contributed by atoms with Crippen LogP contribution in [0.3, 0.4) is 0 Å². The standard InChI is InChI=1S/C18H20N2O2S/c1-3-10-22-14-7-5-13(6-8-14)17(21)20-18-19-15-9-4-12(2)11-16(15)23-18/h3,5-8,12H,1,4,9-11H2,2H3,(H,19,20,21). The number of hydrogen-bond donors (Lipinski definition) is 1. The van der Waals surface area contributed by atoms with Crippen molar-refractivity contribution in [2.45, 2.75) is 26.2 Å². The van der Waals surface area contributed by atoms with E-state index in [2.05, 4.69) is 23.8 Å². The number of nitrogens with one attached hydrogen (secondary N) is 1. The van der Waals surface area contributed by atoms with Crippen LogP contribution >= 0.6 is 11.3 Å². The van der Waals surface area contributed by atoms with Crippen molar-refractivity contribution in [3.8, 4) is 5.75 Å². The van der Waals surface area contributed by atoms with Gasteiger partial charge in [-0.15, -0.1) is 11.3 Å². The maximum Gasteiger partial charge on any atom is 0.257 e. The molecule has 0 fully saturated rings. The van der Waals surface area contributed by atoms with E-state index in [0.29, 0.717) is 23.2 Å². The third-order valence-corrected chi connectivity index (χ3v) is 4.93. The Morgan fingerprint density at radius 2 is 2.26 bits per heavy atom. The SMILES string of the molecule is C=CCOc1ccc(C(=O)Nc2nc3c(s2)CC(C)CC3)cc1. The monoisotopic (exact) mass is 328 g/mol. The number of carbonyl (C=O) groups excluding carboxylic acids is 1. The van der Waals surface area contributed by atoms with Crippen molar-refractivity contribution in [2.75, 3.05) is 11.9 Å². The van der Waals surface area contributed by atoms with E-state index in [1.807, 2.05) is 0 Å². The topological polar surface area (TPSA) is 51.2 Å². The third-order valence-electron chi connectivity index (χ3n) is 3.89. The van der Waals surface area contributed by atoms with Gasteiger partial charge in [0.15, 0.2) is 5.13 Å². The van der Waals surface area contributed by atoms with E-state index < -0.39 is 0 Å². The Morgan fingerprint density at radius 3 is 3.00 bits per heavy atom. The fourth-order valence-electron chi connectivity index (χ4n) is 2.62. The zero-order valence-corrected chi connectivity index (χ0v) is 14.0. The van der Waals surface area contributed by atoms with Crippen LogP contribution in [0, 0.1) is 5.92 Å². The molecule has 0 aliphatic heterocycles. The summed E-state index contributed by atoms with van der Waals surface area (Å²) in [5.74, 6) is 1.29. The number of hydrogen-bond acceptors (Lipinski definition) is 4. The van der Waals surface area contributed by atoms with Gasteiger partial charge in [-0.2, -0.15) is 0 Å². The normalized spacial score (nSPS) is 16.5. The van der Waals surface area contributed by atoms with Crippen LogP contribution in [0.25, 0.3) is 0 Å². The maximum atomic E-state index is 12.3. The van der Waals surface area contributed by atoms with E-state index in [0.717, 1.165) is 24.3 Å². The van der Waals surface area contributed by atoms with Gasteiger partial charge in [0.2, 0.25) is 0 Å². The van der Waals surface area contributed by atoms with Crippen LogP contribution < -0.4 is 10.1 Å². The number of thiazole rings is 1. The average molecular weight is 328 g/mol. The quantitative estimate of drug-likeness (QED) is 0.841. The number of aryl methyl sites for hydroxylation is 1. The fourth-order valence-corrected chi connectivity index (χ4v) is 3.79. The first-order valence-corrected chi connectivity index (χ1v) is 8.61. The average Bonchev–Trinajstić information content (AvgIpc) is 2.94. The molecule has 1 aliphatic rings. The zero-order valence-electron chi connectivity index (χ0n) is 13.2. The number of amides is 1. The van der Waals surface area contributed by atoms with Crippen LogP contribution in [0.15, 0.2) is 36.9 Å². The van der Waals surface area contributed by atoms with E-state index in [4.69, 9.17) is 4.74 Å². The highest BCUT2D eigenvalue weighted by Crippen LogP contribution is 2.32. The Kier molecular flexibility index (Phi) is 4.76. The van der Waals surface area contributed by atoms with Gasteiger partial charge >= 0.3 is 0 Å². The molecule has 1 aromatic heterocycles. The van der Waals surface area contributed by atoms with E-state index >= 15 is 0 Å². The number of nitrogens with zero attached hydrogens (tertiary/aromatic N) is 1. The minimum absolute atomic E-state index is 0.139. The summed E-state index contributed by atoms with van der Waals surface area (Å²) in [5, 5.41) is 3.60. The molecule has 120 valence electrons. The molecule has 1 atom stereocenters. The molecule has 1 amide bonds. The van der Waals surface area contributed by atoms with Gasteiger partial charge in [0.05, 0.1) is 5.69 Å². The maximum absolute atomic E-state index is 12.3. The van der Waals surface area contributed by atoms with E-state index in [1.54, 1.807) is 41.7 Å². The molecule has 1 N–H and O–H groups in total. The molecule has 0 radical (unpaired) electrons. The number of benzene rings is 1. The van der Waals surface area contributed by atoms with Crippen molar-refractivity contribution in [1.82, 2.24) is 4.98 Å². The van der Waals surface area contributed by atoms with Crippen molar-refractivity contribution in [3.05, 3.63) is 53.1 Å². The number of rotatable bonds is 5. The first kappa shape index (κ1) is 15.7.